The van der Waals surface area contributed by atoms with Crippen LogP contribution in [0.4, 0.5) is 0 Å². The number of rotatable bonds is 3. The van der Waals surface area contributed by atoms with Crippen molar-refractivity contribution in [1.82, 2.24) is 10.2 Å². The molecule has 1 N–H and O–H groups in total. The molecule has 58 valence electrons. The first kappa shape index (κ1) is 7.72. The van der Waals surface area contributed by atoms with Gasteiger partial charge in [-0.3, -0.25) is 9.89 Å². The molecule has 0 aliphatic carbocycles. The number of H-pyrrole nitrogens is 1. The van der Waals surface area contributed by atoms with Crippen molar-refractivity contribution >= 4 is 6.29 Å². The predicted molar refractivity (Wildman–Crippen MR) is 42.6 cm³/mol. The van der Waals surface area contributed by atoms with E-state index in [9.17, 15) is 4.79 Å². The van der Waals surface area contributed by atoms with Crippen LogP contribution >= 0.6 is 0 Å². The molecule has 0 aliphatic rings. The van der Waals surface area contributed by atoms with Crippen LogP contribution in [-0.4, -0.2) is 16.5 Å². The van der Waals surface area contributed by atoms with Gasteiger partial charge < -0.3 is 0 Å². The van der Waals surface area contributed by atoms with Crippen LogP contribution in [0.5, 0.6) is 0 Å². The Labute approximate surface area is 65.1 Å². The smallest absolute Gasteiger partial charge is 0.170 e. The summed E-state index contributed by atoms with van der Waals surface area (Å²) in [5.74, 6) is 0. The second-order valence-electron chi connectivity index (χ2n) is 2.32. The number of allylic oxidation sites excluding steroid dienone is 1. The van der Waals surface area contributed by atoms with E-state index in [1.807, 2.05) is 6.92 Å². The number of aromatic nitrogens is 2. The molecule has 3 nitrogen and oxygen atoms in total. The number of aryl methyl sites for hydroxylation is 1. The molecule has 0 amide bonds. The first-order valence-corrected chi connectivity index (χ1v) is 3.39. The molecule has 0 radical (unpaired) electrons. The molecule has 0 aromatic carbocycles. The lowest BCUT2D eigenvalue weighted by atomic mass is 10.1. The van der Waals surface area contributed by atoms with Crippen LogP contribution in [-0.2, 0) is 6.42 Å². The minimum Gasteiger partial charge on any atom is -0.296 e. The molecule has 0 atom stereocenters. The number of carbonyl (C=O) groups excluding carboxylic acids is 1. The van der Waals surface area contributed by atoms with Crippen molar-refractivity contribution in [3.05, 3.63) is 29.6 Å². The fraction of sp³-hybridized carbons (Fsp3) is 0.250. The van der Waals surface area contributed by atoms with E-state index in [1.165, 1.54) is 0 Å². The highest BCUT2D eigenvalue weighted by atomic mass is 16.1. The van der Waals surface area contributed by atoms with Gasteiger partial charge in [0.1, 0.15) is 5.69 Å². The van der Waals surface area contributed by atoms with Gasteiger partial charge in [-0.1, -0.05) is 6.08 Å². The van der Waals surface area contributed by atoms with Crippen molar-refractivity contribution in [1.29, 1.82) is 0 Å². The Morgan fingerprint density at radius 2 is 2.45 bits per heavy atom. The standard InChI is InChI=1S/C8H10N2O/c1-3-4-7-6(2)9-10-8(7)5-11/h3,5H,1,4H2,2H3,(H,9,10). The zero-order valence-electron chi connectivity index (χ0n) is 6.42. The Hall–Kier alpha value is -1.38. The molecule has 3 heteroatoms. The monoisotopic (exact) mass is 150 g/mol. The summed E-state index contributed by atoms with van der Waals surface area (Å²) in [6.45, 7) is 5.48. The number of aldehydes is 1. The van der Waals surface area contributed by atoms with E-state index in [0.717, 1.165) is 17.5 Å². The van der Waals surface area contributed by atoms with Gasteiger partial charge >= 0.3 is 0 Å². The summed E-state index contributed by atoms with van der Waals surface area (Å²) in [6.07, 6.45) is 3.20. The molecular weight excluding hydrogens is 140 g/mol. The SMILES string of the molecule is C=CCc1c(C=O)n[nH]c1C. The fourth-order valence-electron chi connectivity index (χ4n) is 0.971. The number of hydrogen-bond acceptors (Lipinski definition) is 2. The molecule has 1 aromatic heterocycles. The summed E-state index contributed by atoms with van der Waals surface area (Å²) in [4.78, 5) is 10.4. The number of aromatic amines is 1. The van der Waals surface area contributed by atoms with E-state index in [1.54, 1.807) is 6.08 Å². The summed E-state index contributed by atoms with van der Waals surface area (Å²) in [7, 11) is 0. The summed E-state index contributed by atoms with van der Waals surface area (Å²) in [5, 5.41) is 6.56. The van der Waals surface area contributed by atoms with Gasteiger partial charge in [0.25, 0.3) is 0 Å². The summed E-state index contributed by atoms with van der Waals surface area (Å²) < 4.78 is 0. The second-order valence-corrected chi connectivity index (χ2v) is 2.32. The van der Waals surface area contributed by atoms with E-state index in [0.29, 0.717) is 12.1 Å². The number of carbonyl (C=O) groups is 1. The van der Waals surface area contributed by atoms with Gasteiger partial charge in [0.2, 0.25) is 0 Å². The van der Waals surface area contributed by atoms with Crippen molar-refractivity contribution in [2.45, 2.75) is 13.3 Å². The van der Waals surface area contributed by atoms with E-state index in [2.05, 4.69) is 16.8 Å². The molecule has 0 unspecified atom stereocenters. The van der Waals surface area contributed by atoms with Gasteiger partial charge in [0, 0.05) is 11.3 Å². The Balaban J connectivity index is 3.06. The van der Waals surface area contributed by atoms with Crippen molar-refractivity contribution in [2.75, 3.05) is 0 Å². The lowest BCUT2D eigenvalue weighted by molar-refractivity contribution is 0.111. The van der Waals surface area contributed by atoms with E-state index in [-0.39, 0.29) is 0 Å². The van der Waals surface area contributed by atoms with Crippen LogP contribution in [0.25, 0.3) is 0 Å². The van der Waals surface area contributed by atoms with Gasteiger partial charge in [0.05, 0.1) is 0 Å². The van der Waals surface area contributed by atoms with E-state index < -0.39 is 0 Å². The zero-order valence-corrected chi connectivity index (χ0v) is 6.42. The number of nitrogens with zero attached hydrogens (tertiary/aromatic N) is 1. The second kappa shape index (κ2) is 3.14. The van der Waals surface area contributed by atoms with Crippen molar-refractivity contribution in [3.63, 3.8) is 0 Å². The third-order valence-electron chi connectivity index (χ3n) is 1.57. The minimum absolute atomic E-state index is 0.488. The van der Waals surface area contributed by atoms with Gasteiger partial charge in [-0.25, -0.2) is 0 Å². The van der Waals surface area contributed by atoms with E-state index >= 15 is 0 Å². The normalized spacial score (nSPS) is 9.55. The molecular formula is C8H10N2O. The zero-order chi connectivity index (χ0) is 8.27. The Morgan fingerprint density at radius 3 is 3.00 bits per heavy atom. The van der Waals surface area contributed by atoms with Crippen molar-refractivity contribution < 1.29 is 4.79 Å². The topological polar surface area (TPSA) is 45.8 Å². The lowest BCUT2D eigenvalue weighted by Crippen LogP contribution is -1.88. The Morgan fingerprint density at radius 1 is 1.73 bits per heavy atom. The molecule has 0 saturated heterocycles. The predicted octanol–water partition coefficient (Wildman–Crippen LogP) is 1.26. The van der Waals surface area contributed by atoms with Gasteiger partial charge in [-0.2, -0.15) is 5.10 Å². The van der Waals surface area contributed by atoms with Gasteiger partial charge in [0.15, 0.2) is 6.29 Å². The van der Waals surface area contributed by atoms with Crippen LogP contribution in [0.15, 0.2) is 12.7 Å². The summed E-state index contributed by atoms with van der Waals surface area (Å²) >= 11 is 0. The van der Waals surface area contributed by atoms with E-state index in [4.69, 9.17) is 0 Å². The first-order chi connectivity index (χ1) is 5.29. The largest absolute Gasteiger partial charge is 0.296 e. The van der Waals surface area contributed by atoms with Crippen LogP contribution in [0.2, 0.25) is 0 Å². The maximum atomic E-state index is 10.4. The Bertz CT molecular complexity index is 276. The highest BCUT2D eigenvalue weighted by Crippen LogP contribution is 2.08. The Kier molecular flexibility index (Phi) is 2.21. The molecule has 0 fully saturated rings. The highest BCUT2D eigenvalue weighted by Gasteiger charge is 2.06. The molecule has 0 spiro atoms. The van der Waals surface area contributed by atoms with Gasteiger partial charge in [-0.05, 0) is 13.3 Å². The average Bonchev–Trinajstić information content (AvgIpc) is 2.34. The summed E-state index contributed by atoms with van der Waals surface area (Å²) in [5.41, 5.74) is 2.37. The quantitative estimate of drug-likeness (QED) is 0.520. The molecule has 0 saturated carbocycles. The first-order valence-electron chi connectivity index (χ1n) is 3.39. The molecule has 1 rings (SSSR count). The number of hydrogen-bond donors (Lipinski definition) is 1. The van der Waals surface area contributed by atoms with Crippen molar-refractivity contribution in [3.8, 4) is 0 Å². The molecule has 1 heterocycles. The van der Waals surface area contributed by atoms with Crippen LogP contribution in [0.1, 0.15) is 21.7 Å². The third kappa shape index (κ3) is 1.37. The van der Waals surface area contributed by atoms with Crippen molar-refractivity contribution in [2.24, 2.45) is 0 Å². The third-order valence-corrected chi connectivity index (χ3v) is 1.57. The lowest BCUT2D eigenvalue weighted by Gasteiger charge is -1.91. The average molecular weight is 150 g/mol. The minimum atomic E-state index is 0.488. The molecule has 0 aliphatic heterocycles. The molecule has 0 bridgehead atoms. The maximum Gasteiger partial charge on any atom is 0.170 e. The fourth-order valence-corrected chi connectivity index (χ4v) is 0.971. The number of nitrogens with one attached hydrogen (secondary N) is 1. The maximum absolute atomic E-state index is 10.4. The highest BCUT2D eigenvalue weighted by molar-refractivity contribution is 5.74. The van der Waals surface area contributed by atoms with Gasteiger partial charge in [-0.15, -0.1) is 6.58 Å². The van der Waals surface area contributed by atoms with Crippen LogP contribution < -0.4 is 0 Å². The van der Waals surface area contributed by atoms with Crippen LogP contribution in [0.3, 0.4) is 0 Å². The molecule has 1 aromatic rings. The molecule has 11 heavy (non-hydrogen) atoms. The van der Waals surface area contributed by atoms with Crippen LogP contribution in [0, 0.1) is 6.92 Å². The summed E-state index contributed by atoms with van der Waals surface area (Å²) in [6, 6.07) is 0.